The first-order valence-corrected chi connectivity index (χ1v) is 11.2. The van der Waals surface area contributed by atoms with Crippen molar-refractivity contribution >= 4 is 17.7 Å². The normalized spacial score (nSPS) is 10.7. The largest absolute Gasteiger partial charge is 0.497 e. The smallest absolute Gasteiger partial charge is 0.266 e. The molecule has 1 N–H and O–H groups in total. The number of rotatable bonds is 11. The second-order valence-electron chi connectivity index (χ2n) is 7.45. The second-order valence-corrected chi connectivity index (χ2v) is 7.45. The molecule has 0 atom stereocenters. The maximum atomic E-state index is 12.6. The van der Waals surface area contributed by atoms with Gasteiger partial charge in [0, 0.05) is 11.8 Å². The zero-order chi connectivity index (χ0) is 25.0. The Kier molecular flexibility index (Phi) is 9.14. The van der Waals surface area contributed by atoms with E-state index in [2.05, 4.69) is 5.32 Å². The lowest BCUT2D eigenvalue weighted by Gasteiger charge is -2.13. The Morgan fingerprint density at radius 2 is 1.71 bits per heavy atom. The summed E-state index contributed by atoms with van der Waals surface area (Å²) in [4.78, 5) is 12.6. The number of benzene rings is 3. The summed E-state index contributed by atoms with van der Waals surface area (Å²) < 4.78 is 22.5. The number of carbonyl (C=O) groups excluding carboxylic acids is 1. The number of amides is 1. The zero-order valence-electron chi connectivity index (χ0n) is 20.0. The van der Waals surface area contributed by atoms with Crippen molar-refractivity contribution in [3.8, 4) is 29.1 Å². The van der Waals surface area contributed by atoms with Crippen LogP contribution in [0.4, 0.5) is 5.69 Å². The molecule has 0 aliphatic carbocycles. The van der Waals surface area contributed by atoms with Gasteiger partial charge in [0.1, 0.15) is 36.4 Å². The zero-order valence-corrected chi connectivity index (χ0v) is 20.0. The van der Waals surface area contributed by atoms with Gasteiger partial charge in [0.15, 0.2) is 11.5 Å². The molecule has 0 radical (unpaired) electrons. The predicted octanol–water partition coefficient (Wildman–Crippen LogP) is 5.41. The number of methoxy groups -OCH3 is 1. The summed E-state index contributed by atoms with van der Waals surface area (Å²) in [6.45, 7) is 4.82. The highest BCUT2D eigenvalue weighted by molar-refractivity contribution is 6.10. The molecule has 0 aliphatic rings. The molecule has 0 fully saturated rings. The number of para-hydroxylation sites is 1. The van der Waals surface area contributed by atoms with Crippen LogP contribution in [0, 0.1) is 18.3 Å². The maximum Gasteiger partial charge on any atom is 0.266 e. The Bertz CT molecular complexity index is 1230. The Hall–Kier alpha value is -4.44. The first-order valence-electron chi connectivity index (χ1n) is 11.2. The fourth-order valence-corrected chi connectivity index (χ4v) is 3.22. The lowest BCUT2D eigenvalue weighted by Crippen LogP contribution is -2.14. The lowest BCUT2D eigenvalue weighted by molar-refractivity contribution is -0.112. The van der Waals surface area contributed by atoms with E-state index in [9.17, 15) is 10.1 Å². The first kappa shape index (κ1) is 25.2. The van der Waals surface area contributed by atoms with Crippen LogP contribution in [0.15, 0.2) is 72.3 Å². The number of nitriles is 1. The Balaban J connectivity index is 1.66. The minimum Gasteiger partial charge on any atom is -0.497 e. The SMILES string of the molecule is CCOc1cc(C=C(C#N)C(=O)Nc2ccccc2C)ccc1OCCOc1cccc(OC)c1. The van der Waals surface area contributed by atoms with Gasteiger partial charge in [-0.05, 0) is 61.4 Å². The second kappa shape index (κ2) is 12.7. The van der Waals surface area contributed by atoms with E-state index in [4.69, 9.17) is 18.9 Å². The van der Waals surface area contributed by atoms with E-state index in [1.807, 2.05) is 56.3 Å². The van der Waals surface area contributed by atoms with Crippen LogP contribution in [-0.4, -0.2) is 32.8 Å². The molecular formula is C28H28N2O5. The van der Waals surface area contributed by atoms with Gasteiger partial charge in [-0.2, -0.15) is 5.26 Å². The van der Waals surface area contributed by atoms with Crippen LogP contribution in [0.3, 0.4) is 0 Å². The van der Waals surface area contributed by atoms with Gasteiger partial charge in [0.05, 0.1) is 13.7 Å². The average Bonchev–Trinajstić information content (AvgIpc) is 2.87. The van der Waals surface area contributed by atoms with Gasteiger partial charge in [-0.1, -0.05) is 30.3 Å². The highest BCUT2D eigenvalue weighted by Gasteiger charge is 2.12. The lowest BCUT2D eigenvalue weighted by atomic mass is 10.1. The molecule has 0 saturated carbocycles. The molecule has 7 heteroatoms. The van der Waals surface area contributed by atoms with E-state index < -0.39 is 5.91 Å². The highest BCUT2D eigenvalue weighted by Crippen LogP contribution is 2.30. The topological polar surface area (TPSA) is 89.8 Å². The van der Waals surface area contributed by atoms with Crippen LogP contribution in [0.25, 0.3) is 6.08 Å². The van der Waals surface area contributed by atoms with Crippen molar-refractivity contribution in [1.82, 2.24) is 0 Å². The highest BCUT2D eigenvalue weighted by atomic mass is 16.5. The van der Waals surface area contributed by atoms with Gasteiger partial charge >= 0.3 is 0 Å². The van der Waals surface area contributed by atoms with Crippen molar-refractivity contribution in [2.75, 3.05) is 32.2 Å². The molecule has 35 heavy (non-hydrogen) atoms. The summed E-state index contributed by atoms with van der Waals surface area (Å²) in [5.74, 6) is 1.98. The van der Waals surface area contributed by atoms with E-state index in [1.54, 1.807) is 37.4 Å². The molecule has 7 nitrogen and oxygen atoms in total. The van der Waals surface area contributed by atoms with Crippen molar-refractivity contribution in [3.63, 3.8) is 0 Å². The molecule has 0 aromatic heterocycles. The molecule has 3 rings (SSSR count). The van der Waals surface area contributed by atoms with Crippen molar-refractivity contribution in [2.45, 2.75) is 13.8 Å². The molecule has 0 bridgehead atoms. The van der Waals surface area contributed by atoms with Crippen LogP contribution in [0.5, 0.6) is 23.0 Å². The molecular weight excluding hydrogens is 444 g/mol. The van der Waals surface area contributed by atoms with Gasteiger partial charge in [-0.25, -0.2) is 0 Å². The van der Waals surface area contributed by atoms with Gasteiger partial charge in [0.25, 0.3) is 5.91 Å². The monoisotopic (exact) mass is 472 g/mol. The number of hydrogen-bond donors (Lipinski definition) is 1. The number of nitrogens with zero attached hydrogens (tertiary/aromatic N) is 1. The minimum absolute atomic E-state index is 0.0175. The van der Waals surface area contributed by atoms with Crippen molar-refractivity contribution in [1.29, 1.82) is 5.26 Å². The third-order valence-corrected chi connectivity index (χ3v) is 4.99. The summed E-state index contributed by atoms with van der Waals surface area (Å²) in [7, 11) is 1.60. The summed E-state index contributed by atoms with van der Waals surface area (Å²) in [6.07, 6.45) is 1.52. The molecule has 180 valence electrons. The average molecular weight is 473 g/mol. The predicted molar refractivity (Wildman–Crippen MR) is 135 cm³/mol. The number of anilines is 1. The quantitative estimate of drug-likeness (QED) is 0.228. The number of nitrogens with one attached hydrogen (secondary N) is 1. The summed E-state index contributed by atoms with van der Waals surface area (Å²) in [5, 5.41) is 12.3. The Morgan fingerprint density at radius 1 is 0.943 bits per heavy atom. The van der Waals surface area contributed by atoms with Crippen LogP contribution in [0.2, 0.25) is 0 Å². The maximum absolute atomic E-state index is 12.6. The summed E-state index contributed by atoms with van der Waals surface area (Å²) >= 11 is 0. The van der Waals surface area contributed by atoms with Gasteiger partial charge in [-0.3, -0.25) is 4.79 Å². The molecule has 1 amide bonds. The minimum atomic E-state index is -0.477. The summed E-state index contributed by atoms with van der Waals surface area (Å²) in [6, 6.07) is 22.0. The van der Waals surface area contributed by atoms with E-state index in [0.29, 0.717) is 48.3 Å². The molecule has 3 aromatic rings. The number of aryl methyl sites for hydroxylation is 1. The van der Waals surface area contributed by atoms with Gasteiger partial charge in [0.2, 0.25) is 0 Å². The van der Waals surface area contributed by atoms with Gasteiger partial charge in [-0.15, -0.1) is 0 Å². The summed E-state index contributed by atoms with van der Waals surface area (Å²) in [5.41, 5.74) is 2.20. The van der Waals surface area contributed by atoms with Gasteiger partial charge < -0.3 is 24.3 Å². The van der Waals surface area contributed by atoms with Crippen molar-refractivity contribution in [3.05, 3.63) is 83.4 Å². The molecule has 0 spiro atoms. The molecule has 0 aliphatic heterocycles. The third kappa shape index (κ3) is 7.27. The first-order chi connectivity index (χ1) is 17.0. The fraction of sp³-hybridized carbons (Fsp3) is 0.214. The van der Waals surface area contributed by atoms with E-state index >= 15 is 0 Å². The number of ether oxygens (including phenoxy) is 4. The number of carbonyl (C=O) groups is 1. The van der Waals surface area contributed by atoms with E-state index in [1.165, 1.54) is 6.08 Å². The fourth-order valence-electron chi connectivity index (χ4n) is 3.22. The van der Waals surface area contributed by atoms with Crippen LogP contribution >= 0.6 is 0 Å². The molecule has 0 heterocycles. The van der Waals surface area contributed by atoms with Crippen LogP contribution < -0.4 is 24.3 Å². The van der Waals surface area contributed by atoms with Crippen molar-refractivity contribution in [2.24, 2.45) is 0 Å². The third-order valence-electron chi connectivity index (χ3n) is 4.99. The van der Waals surface area contributed by atoms with E-state index in [-0.39, 0.29) is 5.57 Å². The van der Waals surface area contributed by atoms with Crippen molar-refractivity contribution < 1.29 is 23.7 Å². The molecule has 3 aromatic carbocycles. The standard InChI is InChI=1S/C28H28N2O5/c1-4-33-27-17-21(16-22(19-29)28(31)30-25-11-6-5-8-20(25)2)12-13-26(27)35-15-14-34-24-10-7-9-23(18-24)32-3/h5-13,16-18H,4,14-15H2,1-3H3,(H,30,31). The molecule has 0 unspecified atom stereocenters. The Labute approximate surface area is 205 Å². The molecule has 0 saturated heterocycles. The number of hydrogen-bond acceptors (Lipinski definition) is 6. The Morgan fingerprint density at radius 3 is 2.46 bits per heavy atom. The van der Waals surface area contributed by atoms with E-state index in [0.717, 1.165) is 11.3 Å². The van der Waals surface area contributed by atoms with Crippen LogP contribution in [-0.2, 0) is 4.79 Å². The van der Waals surface area contributed by atoms with Crippen LogP contribution in [0.1, 0.15) is 18.1 Å².